The largest absolute Gasteiger partial charge is 0.389 e. The summed E-state index contributed by atoms with van der Waals surface area (Å²) in [5, 5.41) is 26.1. The van der Waals surface area contributed by atoms with Gasteiger partial charge in [0, 0.05) is 43.8 Å². The number of piperidine rings is 1. The van der Waals surface area contributed by atoms with Gasteiger partial charge in [0.1, 0.15) is 22.5 Å². The second-order valence-corrected chi connectivity index (χ2v) is 13.9. The fourth-order valence-corrected chi connectivity index (χ4v) is 8.70. The number of carbonyl (C=O) groups is 1. The molecule has 3 aliphatic rings. The van der Waals surface area contributed by atoms with E-state index in [1.54, 1.807) is 28.4 Å². The van der Waals surface area contributed by atoms with Gasteiger partial charge in [0.2, 0.25) is 16.0 Å². The van der Waals surface area contributed by atoms with Gasteiger partial charge in [-0.15, -0.1) is 5.10 Å². The molecule has 3 aliphatic heterocycles. The number of rotatable bonds is 8. The van der Waals surface area contributed by atoms with Crippen molar-refractivity contribution in [1.29, 1.82) is 5.26 Å². The molecule has 1 N–H and O–H groups in total. The Labute approximate surface area is 262 Å². The predicted molar refractivity (Wildman–Crippen MR) is 168 cm³/mol. The number of aromatic nitrogens is 4. The summed E-state index contributed by atoms with van der Waals surface area (Å²) in [7, 11) is 3.96. The van der Waals surface area contributed by atoms with Crippen LogP contribution in [0.15, 0.2) is 24.3 Å². The van der Waals surface area contributed by atoms with Crippen LogP contribution in [-0.4, -0.2) is 98.4 Å². The predicted octanol–water partition coefficient (Wildman–Crippen LogP) is 3.89. The van der Waals surface area contributed by atoms with E-state index < -0.39 is 0 Å². The second kappa shape index (κ2) is 11.4. The second-order valence-electron chi connectivity index (χ2n) is 12.0. The number of hydrogen-bond donors (Lipinski definition) is 1. The van der Waals surface area contributed by atoms with Gasteiger partial charge in [-0.05, 0) is 63.4 Å². The summed E-state index contributed by atoms with van der Waals surface area (Å²) in [6, 6.07) is 9.30. The number of fused-ring (bicyclic) bond motifs is 3. The Kier molecular flexibility index (Phi) is 7.52. The number of halogens is 1. The minimum atomic E-state index is -0.382. The maximum atomic E-state index is 13.5. The molecule has 3 fully saturated rings. The number of nitrogens with zero attached hydrogens (tertiary/aromatic N) is 9. The topological polar surface area (TPSA) is 117 Å². The first-order chi connectivity index (χ1) is 21.2. The molecule has 2 unspecified atom stereocenters. The van der Waals surface area contributed by atoms with Crippen LogP contribution in [0.25, 0.3) is 16.2 Å². The number of hydrogen-bond acceptors (Lipinski definition) is 11. The summed E-state index contributed by atoms with van der Waals surface area (Å²) in [6.45, 7) is 3.32. The van der Waals surface area contributed by atoms with E-state index in [1.165, 1.54) is 23.5 Å². The van der Waals surface area contributed by atoms with E-state index in [-0.39, 0.29) is 17.8 Å². The highest BCUT2D eigenvalue weighted by atomic mass is 32.1. The Morgan fingerprint density at radius 3 is 2.48 bits per heavy atom. The molecule has 0 aliphatic carbocycles. The van der Waals surface area contributed by atoms with E-state index in [4.69, 9.17) is 15.1 Å². The first-order valence-electron chi connectivity index (χ1n) is 15.0. The molecule has 0 saturated carbocycles. The molecule has 0 spiro atoms. The number of likely N-dealkylation sites (tertiary alicyclic amines) is 1. The van der Waals surface area contributed by atoms with Crippen LogP contribution in [0.4, 0.5) is 20.5 Å². The summed E-state index contributed by atoms with van der Waals surface area (Å²) in [5.74, 6) is 0.575. The third-order valence-electron chi connectivity index (χ3n) is 9.17. The van der Waals surface area contributed by atoms with Crippen LogP contribution >= 0.6 is 22.7 Å². The Bertz CT molecular complexity index is 1730. The molecule has 11 nitrogen and oxygen atoms in total. The van der Waals surface area contributed by atoms with Gasteiger partial charge >= 0.3 is 0 Å². The number of thiazole rings is 1. The third-order valence-corrected chi connectivity index (χ3v) is 11.1. The van der Waals surface area contributed by atoms with Crippen molar-refractivity contribution in [2.24, 2.45) is 0 Å². The third kappa shape index (κ3) is 5.01. The van der Waals surface area contributed by atoms with Gasteiger partial charge in [0.05, 0.1) is 18.3 Å². The molecule has 3 aromatic heterocycles. The van der Waals surface area contributed by atoms with E-state index in [2.05, 4.69) is 22.8 Å². The standard InChI is InChI=1S/C30H34FN9O2S2/c1-4-23-27(37(3)28-34-26(24(13-32)43-28)17-5-7-18(31)8-6-17)40-29(33-23)44-30(35-40)39-19-9-10-20(39)12-21(11-19)36(2)16-25(42)38-14-22(41)15-38/h5-8,19-22,41H,4,9-12,14-16H2,1-3H3. The van der Waals surface area contributed by atoms with Crippen LogP contribution in [0.1, 0.15) is 43.2 Å². The zero-order valence-electron chi connectivity index (χ0n) is 24.9. The number of aryl methyl sites for hydroxylation is 1. The van der Waals surface area contributed by atoms with Gasteiger partial charge < -0.3 is 19.8 Å². The van der Waals surface area contributed by atoms with Crippen molar-refractivity contribution in [3.05, 3.63) is 40.7 Å². The van der Waals surface area contributed by atoms with Gasteiger partial charge in [-0.2, -0.15) is 9.78 Å². The average molecular weight is 636 g/mol. The molecule has 4 aromatic rings. The number of carbonyl (C=O) groups excluding carboxylic acids is 1. The molecule has 44 heavy (non-hydrogen) atoms. The van der Waals surface area contributed by atoms with Crippen LogP contribution in [0.5, 0.6) is 0 Å². The van der Waals surface area contributed by atoms with Gasteiger partial charge in [-0.25, -0.2) is 14.4 Å². The van der Waals surface area contributed by atoms with Crippen molar-refractivity contribution in [2.45, 2.75) is 63.3 Å². The van der Waals surface area contributed by atoms with Crippen molar-refractivity contribution in [1.82, 2.24) is 29.4 Å². The van der Waals surface area contributed by atoms with E-state index >= 15 is 0 Å². The van der Waals surface area contributed by atoms with Crippen molar-refractivity contribution in [3.63, 3.8) is 0 Å². The lowest BCUT2D eigenvalue weighted by atomic mass is 9.96. The highest BCUT2D eigenvalue weighted by Crippen LogP contribution is 2.44. The first-order valence-corrected chi connectivity index (χ1v) is 16.6. The molecular weight excluding hydrogens is 602 g/mol. The van der Waals surface area contributed by atoms with E-state index in [0.717, 1.165) is 47.3 Å². The SMILES string of the molecule is CCc1nc2sc(N3C4CCC3CC(N(C)CC(=O)N3CC(O)C3)C4)nn2c1N(C)c1nc(-c2ccc(F)cc2)c(C#N)s1. The maximum absolute atomic E-state index is 13.5. The number of aliphatic hydroxyl groups is 1. The number of β-amino-alcohol motifs (C(OH)–C–C–N with tert-alkyl or cyclic N) is 1. The Morgan fingerprint density at radius 2 is 1.84 bits per heavy atom. The minimum absolute atomic E-state index is 0.0870. The lowest BCUT2D eigenvalue weighted by molar-refractivity contribution is -0.142. The maximum Gasteiger partial charge on any atom is 0.236 e. The van der Waals surface area contributed by atoms with Crippen molar-refractivity contribution in [3.8, 4) is 17.3 Å². The van der Waals surface area contributed by atoms with Crippen LogP contribution in [0, 0.1) is 17.1 Å². The first kappa shape index (κ1) is 29.1. The highest BCUT2D eigenvalue weighted by molar-refractivity contribution is 7.20. The number of aliphatic hydroxyl groups excluding tert-OH is 1. The molecule has 230 valence electrons. The Morgan fingerprint density at radius 1 is 1.14 bits per heavy atom. The van der Waals surface area contributed by atoms with Crippen LogP contribution in [0.2, 0.25) is 0 Å². The number of nitriles is 1. The van der Waals surface area contributed by atoms with Gasteiger partial charge in [-0.3, -0.25) is 9.69 Å². The number of benzene rings is 1. The smallest absolute Gasteiger partial charge is 0.236 e. The van der Waals surface area contributed by atoms with Gasteiger partial charge in [0.25, 0.3) is 0 Å². The zero-order valence-corrected chi connectivity index (χ0v) is 26.5. The molecular formula is C30H34FN9O2S2. The van der Waals surface area contributed by atoms with Crippen molar-refractivity contribution < 1.29 is 14.3 Å². The van der Waals surface area contributed by atoms with Crippen molar-refractivity contribution in [2.75, 3.05) is 43.5 Å². The quantitative estimate of drug-likeness (QED) is 0.308. The van der Waals surface area contributed by atoms with Gasteiger partial charge in [-0.1, -0.05) is 29.6 Å². The number of imidazole rings is 1. The monoisotopic (exact) mass is 635 g/mol. The molecule has 3 saturated heterocycles. The van der Waals surface area contributed by atoms with E-state index in [1.807, 2.05) is 23.5 Å². The van der Waals surface area contributed by atoms with E-state index in [0.29, 0.717) is 65.4 Å². The van der Waals surface area contributed by atoms with E-state index in [9.17, 15) is 19.6 Å². The van der Waals surface area contributed by atoms with Gasteiger partial charge in [0.15, 0.2) is 10.9 Å². The highest BCUT2D eigenvalue weighted by Gasteiger charge is 2.44. The van der Waals surface area contributed by atoms with Crippen LogP contribution < -0.4 is 9.80 Å². The summed E-state index contributed by atoms with van der Waals surface area (Å²) >= 11 is 2.89. The fourth-order valence-electron chi connectivity index (χ4n) is 6.79. The van der Waals surface area contributed by atoms with Crippen molar-refractivity contribution >= 4 is 49.6 Å². The summed E-state index contributed by atoms with van der Waals surface area (Å²) in [4.78, 5) is 32.0. The molecule has 7 rings (SSSR count). The molecule has 14 heteroatoms. The molecule has 2 atom stereocenters. The normalized spacial score (nSPS) is 21.7. The molecule has 1 amide bonds. The lowest BCUT2D eigenvalue weighted by Crippen LogP contribution is -2.57. The summed E-state index contributed by atoms with van der Waals surface area (Å²) < 4.78 is 15.4. The minimum Gasteiger partial charge on any atom is -0.389 e. The molecule has 0 radical (unpaired) electrons. The number of amides is 1. The molecule has 2 bridgehead atoms. The van der Waals surface area contributed by atoms with Crippen LogP contribution in [-0.2, 0) is 11.2 Å². The lowest BCUT2D eigenvalue weighted by Gasteiger charge is -2.43. The summed E-state index contributed by atoms with van der Waals surface area (Å²) in [6.07, 6.45) is 4.47. The number of anilines is 3. The fraction of sp³-hybridized carbons (Fsp3) is 0.500. The zero-order chi connectivity index (χ0) is 30.7. The number of likely N-dealkylation sites (N-methyl/N-ethyl adjacent to an activating group) is 1. The molecule has 1 aromatic carbocycles. The Hall–Kier alpha value is -3.64. The van der Waals surface area contributed by atoms with Crippen LogP contribution in [0.3, 0.4) is 0 Å². The summed E-state index contributed by atoms with van der Waals surface area (Å²) in [5.41, 5.74) is 2.13. The molecule has 6 heterocycles. The average Bonchev–Trinajstić information content (AvgIpc) is 3.75. The Balaban J connectivity index is 1.13.